The molecule has 1 aromatic rings. The predicted molar refractivity (Wildman–Crippen MR) is 72.5 cm³/mol. The van der Waals surface area contributed by atoms with Crippen LogP contribution >= 0.6 is 11.8 Å². The zero-order valence-electron chi connectivity index (χ0n) is 10.1. The molecule has 0 bridgehead atoms. The van der Waals surface area contributed by atoms with Crippen molar-refractivity contribution in [3.05, 3.63) is 24.3 Å². The fourth-order valence-electron chi connectivity index (χ4n) is 2.26. The van der Waals surface area contributed by atoms with Gasteiger partial charge in [0.1, 0.15) is 0 Å². The van der Waals surface area contributed by atoms with Crippen LogP contribution in [-0.2, 0) is 0 Å². The molecule has 0 amide bonds. The van der Waals surface area contributed by atoms with Crippen LogP contribution in [0.4, 0.5) is 5.69 Å². The normalized spacial score (nSPS) is 20.4. The van der Waals surface area contributed by atoms with Crippen LogP contribution in [0.5, 0.6) is 0 Å². The Morgan fingerprint density at radius 1 is 1.50 bits per heavy atom. The molecule has 3 heteroatoms. The summed E-state index contributed by atoms with van der Waals surface area (Å²) in [6, 6.07) is 9.50. The van der Waals surface area contributed by atoms with Gasteiger partial charge in [-0.05, 0) is 37.4 Å². The molecule has 0 radical (unpaired) electrons. The Morgan fingerprint density at radius 3 is 3.12 bits per heavy atom. The van der Waals surface area contributed by atoms with Gasteiger partial charge in [0.15, 0.2) is 0 Å². The van der Waals surface area contributed by atoms with Crippen molar-refractivity contribution in [3.8, 4) is 0 Å². The van der Waals surface area contributed by atoms with Crippen molar-refractivity contribution in [3.63, 3.8) is 0 Å². The summed E-state index contributed by atoms with van der Waals surface area (Å²) in [6.45, 7) is 5.57. The van der Waals surface area contributed by atoms with Gasteiger partial charge in [0.2, 0.25) is 0 Å². The molecule has 1 fully saturated rings. The highest BCUT2D eigenvalue weighted by Crippen LogP contribution is 2.25. The highest BCUT2D eigenvalue weighted by Gasteiger charge is 2.21. The van der Waals surface area contributed by atoms with Crippen molar-refractivity contribution >= 4 is 17.4 Å². The number of nitrogens with one attached hydrogen (secondary N) is 1. The van der Waals surface area contributed by atoms with Gasteiger partial charge in [0.25, 0.3) is 0 Å². The van der Waals surface area contributed by atoms with E-state index in [-0.39, 0.29) is 0 Å². The van der Waals surface area contributed by atoms with Gasteiger partial charge in [0, 0.05) is 29.7 Å². The van der Waals surface area contributed by atoms with Gasteiger partial charge < -0.3 is 10.2 Å². The quantitative estimate of drug-likeness (QED) is 0.809. The van der Waals surface area contributed by atoms with Crippen LogP contribution in [-0.4, -0.2) is 31.9 Å². The third kappa shape index (κ3) is 2.71. The summed E-state index contributed by atoms with van der Waals surface area (Å²) in [5.41, 5.74) is 1.37. The van der Waals surface area contributed by atoms with Crippen molar-refractivity contribution < 1.29 is 0 Å². The Labute approximate surface area is 102 Å². The van der Waals surface area contributed by atoms with Crippen LogP contribution in [0.3, 0.4) is 0 Å². The maximum absolute atomic E-state index is 3.53. The minimum atomic E-state index is 0.669. The van der Waals surface area contributed by atoms with E-state index in [1.165, 1.54) is 23.5 Å². The molecule has 2 rings (SSSR count). The average Bonchev–Trinajstić information content (AvgIpc) is 2.78. The van der Waals surface area contributed by atoms with Gasteiger partial charge >= 0.3 is 0 Å². The van der Waals surface area contributed by atoms with Crippen molar-refractivity contribution in [2.75, 3.05) is 30.8 Å². The molecule has 1 atom stereocenters. The van der Waals surface area contributed by atoms with Crippen LogP contribution in [0.2, 0.25) is 0 Å². The second kappa shape index (κ2) is 5.60. The zero-order valence-corrected chi connectivity index (χ0v) is 10.9. The summed E-state index contributed by atoms with van der Waals surface area (Å²) >= 11 is 1.81. The number of likely N-dealkylation sites (N-methyl/N-ethyl adjacent to an activating group) is 1. The zero-order chi connectivity index (χ0) is 11.4. The Morgan fingerprint density at radius 2 is 2.38 bits per heavy atom. The van der Waals surface area contributed by atoms with Gasteiger partial charge in [-0.25, -0.2) is 0 Å². The number of benzene rings is 1. The lowest BCUT2D eigenvalue weighted by atomic mass is 10.2. The average molecular weight is 236 g/mol. The van der Waals surface area contributed by atoms with E-state index >= 15 is 0 Å². The standard InChI is InChI=1S/C13H20N2S/c1-3-14-11-7-8-15(10-11)12-5-4-6-13(9-12)16-2/h4-6,9,11,14H,3,7-8,10H2,1-2H3. The first kappa shape index (κ1) is 11.8. The van der Waals surface area contributed by atoms with Gasteiger partial charge in [-0.2, -0.15) is 0 Å². The molecule has 1 heterocycles. The first-order valence-corrected chi connectivity index (χ1v) is 7.18. The highest BCUT2D eigenvalue weighted by molar-refractivity contribution is 7.98. The molecule has 0 aliphatic carbocycles. The second-order valence-electron chi connectivity index (χ2n) is 4.19. The third-order valence-corrected chi connectivity index (χ3v) is 3.82. The van der Waals surface area contributed by atoms with E-state index in [1.807, 2.05) is 11.8 Å². The molecular formula is C13H20N2S. The minimum absolute atomic E-state index is 0.669. The van der Waals surface area contributed by atoms with Gasteiger partial charge in [-0.15, -0.1) is 11.8 Å². The number of nitrogens with zero attached hydrogens (tertiary/aromatic N) is 1. The summed E-state index contributed by atoms with van der Waals surface area (Å²) in [5, 5.41) is 3.53. The topological polar surface area (TPSA) is 15.3 Å². The van der Waals surface area contributed by atoms with Gasteiger partial charge in [-0.3, -0.25) is 0 Å². The predicted octanol–water partition coefficient (Wildman–Crippen LogP) is 2.60. The molecule has 1 saturated heterocycles. The monoisotopic (exact) mass is 236 g/mol. The number of hydrogen-bond acceptors (Lipinski definition) is 3. The Kier molecular flexibility index (Phi) is 4.13. The lowest BCUT2D eigenvalue weighted by molar-refractivity contribution is 0.572. The van der Waals surface area contributed by atoms with Gasteiger partial charge in [-0.1, -0.05) is 13.0 Å². The van der Waals surface area contributed by atoms with Crippen LogP contribution in [0.1, 0.15) is 13.3 Å². The number of thioether (sulfide) groups is 1. The van der Waals surface area contributed by atoms with E-state index in [1.54, 1.807) is 0 Å². The summed E-state index contributed by atoms with van der Waals surface area (Å²) in [5.74, 6) is 0. The summed E-state index contributed by atoms with van der Waals surface area (Å²) < 4.78 is 0. The smallest absolute Gasteiger partial charge is 0.0377 e. The number of rotatable bonds is 4. The number of hydrogen-bond donors (Lipinski definition) is 1. The molecule has 1 aliphatic rings. The first-order valence-electron chi connectivity index (χ1n) is 5.96. The molecule has 1 unspecified atom stereocenters. The fourth-order valence-corrected chi connectivity index (χ4v) is 2.71. The Bertz CT molecular complexity index is 340. The van der Waals surface area contributed by atoms with E-state index in [0.29, 0.717) is 6.04 Å². The van der Waals surface area contributed by atoms with Crippen molar-refractivity contribution in [1.29, 1.82) is 0 Å². The molecular weight excluding hydrogens is 216 g/mol. The summed E-state index contributed by atoms with van der Waals surface area (Å²) in [6.07, 6.45) is 3.39. The molecule has 2 nitrogen and oxygen atoms in total. The molecule has 0 aromatic heterocycles. The van der Waals surface area contributed by atoms with E-state index in [9.17, 15) is 0 Å². The second-order valence-corrected chi connectivity index (χ2v) is 5.07. The van der Waals surface area contributed by atoms with Crippen LogP contribution < -0.4 is 10.2 Å². The Balaban J connectivity index is 2.02. The molecule has 0 saturated carbocycles. The molecule has 16 heavy (non-hydrogen) atoms. The van der Waals surface area contributed by atoms with Crippen molar-refractivity contribution in [2.24, 2.45) is 0 Å². The Hall–Kier alpha value is -0.670. The SMILES string of the molecule is CCNC1CCN(c2cccc(SC)c2)C1. The van der Waals surface area contributed by atoms with Crippen molar-refractivity contribution in [1.82, 2.24) is 5.32 Å². The first-order chi connectivity index (χ1) is 7.83. The molecule has 1 N–H and O–H groups in total. The summed E-state index contributed by atoms with van der Waals surface area (Å²) in [7, 11) is 0. The fraction of sp³-hybridized carbons (Fsp3) is 0.538. The van der Waals surface area contributed by atoms with E-state index in [4.69, 9.17) is 0 Å². The third-order valence-electron chi connectivity index (χ3n) is 3.10. The van der Waals surface area contributed by atoms with E-state index in [0.717, 1.165) is 13.1 Å². The molecule has 1 aromatic carbocycles. The summed E-state index contributed by atoms with van der Waals surface area (Å²) in [4.78, 5) is 3.83. The number of anilines is 1. The molecule has 88 valence electrons. The maximum Gasteiger partial charge on any atom is 0.0377 e. The van der Waals surface area contributed by atoms with Crippen LogP contribution in [0, 0.1) is 0 Å². The van der Waals surface area contributed by atoms with Gasteiger partial charge in [0.05, 0.1) is 0 Å². The van der Waals surface area contributed by atoms with E-state index < -0.39 is 0 Å². The highest BCUT2D eigenvalue weighted by atomic mass is 32.2. The lowest BCUT2D eigenvalue weighted by Gasteiger charge is -2.19. The minimum Gasteiger partial charge on any atom is -0.370 e. The molecule has 1 aliphatic heterocycles. The maximum atomic E-state index is 3.53. The van der Waals surface area contributed by atoms with Crippen LogP contribution in [0.25, 0.3) is 0 Å². The van der Waals surface area contributed by atoms with Crippen LogP contribution in [0.15, 0.2) is 29.2 Å². The lowest BCUT2D eigenvalue weighted by Crippen LogP contribution is -2.32. The largest absolute Gasteiger partial charge is 0.370 e. The molecule has 0 spiro atoms. The van der Waals surface area contributed by atoms with E-state index in [2.05, 4.69) is 47.7 Å². The van der Waals surface area contributed by atoms with Crippen molar-refractivity contribution in [2.45, 2.75) is 24.3 Å².